The van der Waals surface area contributed by atoms with Gasteiger partial charge in [0.05, 0.1) is 0 Å². The van der Waals surface area contributed by atoms with Crippen molar-refractivity contribution in [2.75, 3.05) is 19.6 Å². The summed E-state index contributed by atoms with van der Waals surface area (Å²) in [7, 11) is 0. The minimum Gasteiger partial charge on any atom is -0.342 e. The zero-order chi connectivity index (χ0) is 10.2. The van der Waals surface area contributed by atoms with Gasteiger partial charge in [0.15, 0.2) is 0 Å². The molecule has 0 spiro atoms. The summed E-state index contributed by atoms with van der Waals surface area (Å²) >= 11 is 0. The summed E-state index contributed by atoms with van der Waals surface area (Å²) < 4.78 is 0. The molecular formula is C11H21ClN2O. The molecule has 4 heteroatoms. The van der Waals surface area contributed by atoms with Crippen LogP contribution in [-0.4, -0.2) is 30.4 Å². The highest BCUT2D eigenvalue weighted by Crippen LogP contribution is 2.46. The number of halogens is 1. The molecule has 0 aromatic heterocycles. The number of nitrogens with zero attached hydrogens (tertiary/aromatic N) is 1. The van der Waals surface area contributed by atoms with E-state index >= 15 is 0 Å². The van der Waals surface area contributed by atoms with Crippen molar-refractivity contribution in [1.82, 2.24) is 4.90 Å². The Hall–Kier alpha value is -0.280. The number of rotatable bonds is 2. The van der Waals surface area contributed by atoms with Crippen molar-refractivity contribution in [2.24, 2.45) is 17.1 Å². The second-order valence-electron chi connectivity index (χ2n) is 5.06. The van der Waals surface area contributed by atoms with Gasteiger partial charge in [0.1, 0.15) is 0 Å². The zero-order valence-corrected chi connectivity index (χ0v) is 10.2. The molecule has 0 unspecified atom stereocenters. The number of carbonyl (C=O) groups excluding carboxylic acids is 1. The topological polar surface area (TPSA) is 46.3 Å². The molecular weight excluding hydrogens is 212 g/mol. The molecule has 1 aliphatic carbocycles. The first-order valence-electron chi connectivity index (χ1n) is 5.65. The standard InChI is InChI=1S/C11H20N2O.ClH/c1-11(4-5-11)10(14)13-6-2-3-9(7-12)8-13;/h9H,2-8,12H2,1H3;1H/t9-;/m1./s1. The Bertz CT molecular complexity index is 241. The van der Waals surface area contributed by atoms with E-state index in [0.717, 1.165) is 38.9 Å². The van der Waals surface area contributed by atoms with E-state index in [1.54, 1.807) is 0 Å². The van der Waals surface area contributed by atoms with E-state index in [4.69, 9.17) is 5.73 Å². The lowest BCUT2D eigenvalue weighted by molar-refractivity contribution is -0.138. The summed E-state index contributed by atoms with van der Waals surface area (Å²) in [4.78, 5) is 14.1. The molecule has 1 aliphatic heterocycles. The Balaban J connectivity index is 0.00000112. The summed E-state index contributed by atoms with van der Waals surface area (Å²) in [5.41, 5.74) is 5.65. The van der Waals surface area contributed by atoms with E-state index in [1.165, 1.54) is 6.42 Å². The van der Waals surface area contributed by atoms with Gasteiger partial charge in [0, 0.05) is 18.5 Å². The van der Waals surface area contributed by atoms with E-state index in [1.807, 2.05) is 4.90 Å². The number of carbonyl (C=O) groups is 1. The average molecular weight is 233 g/mol. The van der Waals surface area contributed by atoms with Gasteiger partial charge in [-0.3, -0.25) is 4.79 Å². The van der Waals surface area contributed by atoms with Crippen LogP contribution in [0, 0.1) is 11.3 Å². The molecule has 2 aliphatic rings. The van der Waals surface area contributed by atoms with Crippen molar-refractivity contribution in [2.45, 2.75) is 32.6 Å². The van der Waals surface area contributed by atoms with Crippen LogP contribution in [0.5, 0.6) is 0 Å². The Labute approximate surface area is 97.8 Å². The quantitative estimate of drug-likeness (QED) is 0.783. The minimum absolute atomic E-state index is 0. The van der Waals surface area contributed by atoms with Gasteiger partial charge in [-0.15, -0.1) is 12.4 Å². The average Bonchev–Trinajstić information content (AvgIpc) is 2.97. The first-order chi connectivity index (χ1) is 6.65. The van der Waals surface area contributed by atoms with Gasteiger partial charge in [-0.05, 0) is 38.1 Å². The molecule has 3 nitrogen and oxygen atoms in total. The van der Waals surface area contributed by atoms with Crippen LogP contribution < -0.4 is 5.73 Å². The molecule has 2 N–H and O–H groups in total. The first-order valence-corrected chi connectivity index (χ1v) is 5.65. The second-order valence-corrected chi connectivity index (χ2v) is 5.06. The summed E-state index contributed by atoms with van der Waals surface area (Å²) in [6, 6.07) is 0. The molecule has 0 radical (unpaired) electrons. The maximum Gasteiger partial charge on any atom is 0.228 e. The summed E-state index contributed by atoms with van der Waals surface area (Å²) in [6.45, 7) is 4.65. The normalized spacial score (nSPS) is 28.1. The molecule has 0 aromatic rings. The second kappa shape index (κ2) is 4.71. The smallest absolute Gasteiger partial charge is 0.228 e. The van der Waals surface area contributed by atoms with Crippen molar-refractivity contribution in [3.8, 4) is 0 Å². The van der Waals surface area contributed by atoms with Crippen molar-refractivity contribution in [3.63, 3.8) is 0 Å². The Kier molecular flexibility index (Phi) is 4.01. The van der Waals surface area contributed by atoms with E-state index in [2.05, 4.69) is 6.92 Å². The summed E-state index contributed by atoms with van der Waals surface area (Å²) in [6.07, 6.45) is 4.48. The zero-order valence-electron chi connectivity index (χ0n) is 9.37. The Morgan fingerprint density at radius 2 is 2.20 bits per heavy atom. The van der Waals surface area contributed by atoms with Crippen LogP contribution >= 0.6 is 12.4 Å². The molecule has 0 aromatic carbocycles. The fraction of sp³-hybridized carbons (Fsp3) is 0.909. The van der Waals surface area contributed by atoms with Gasteiger partial charge in [-0.2, -0.15) is 0 Å². The minimum atomic E-state index is -0.00348. The SMILES string of the molecule is CC1(C(=O)N2CCC[C@H](CN)C2)CC1.Cl. The van der Waals surface area contributed by atoms with Crippen molar-refractivity contribution < 1.29 is 4.79 Å². The molecule has 1 heterocycles. The van der Waals surface area contributed by atoms with E-state index in [-0.39, 0.29) is 17.8 Å². The fourth-order valence-electron chi connectivity index (χ4n) is 2.22. The lowest BCUT2D eigenvalue weighted by atomic mass is 9.96. The van der Waals surface area contributed by atoms with Gasteiger partial charge in [-0.25, -0.2) is 0 Å². The van der Waals surface area contributed by atoms with Crippen LogP contribution in [0.1, 0.15) is 32.6 Å². The van der Waals surface area contributed by atoms with Crippen molar-refractivity contribution in [1.29, 1.82) is 0 Å². The maximum absolute atomic E-state index is 12.0. The lowest BCUT2D eigenvalue weighted by Gasteiger charge is -2.34. The van der Waals surface area contributed by atoms with Crippen LogP contribution in [0.4, 0.5) is 0 Å². The van der Waals surface area contributed by atoms with Crippen molar-refractivity contribution >= 4 is 18.3 Å². The third-order valence-electron chi connectivity index (χ3n) is 3.66. The highest BCUT2D eigenvalue weighted by molar-refractivity contribution is 5.85. The summed E-state index contributed by atoms with van der Waals surface area (Å²) in [5, 5.41) is 0. The van der Waals surface area contributed by atoms with Crippen LogP contribution in [0.25, 0.3) is 0 Å². The predicted molar refractivity (Wildman–Crippen MR) is 62.9 cm³/mol. The predicted octanol–water partition coefficient (Wildman–Crippen LogP) is 1.41. The third kappa shape index (κ3) is 2.64. The van der Waals surface area contributed by atoms with Crippen LogP contribution in [0.15, 0.2) is 0 Å². The third-order valence-corrected chi connectivity index (χ3v) is 3.66. The molecule has 2 rings (SSSR count). The molecule has 2 fully saturated rings. The van der Waals surface area contributed by atoms with Gasteiger partial charge in [-0.1, -0.05) is 6.92 Å². The van der Waals surface area contributed by atoms with Crippen LogP contribution in [-0.2, 0) is 4.79 Å². The molecule has 0 bridgehead atoms. The van der Waals surface area contributed by atoms with Crippen LogP contribution in [0.2, 0.25) is 0 Å². The molecule has 1 saturated carbocycles. The number of amides is 1. The van der Waals surface area contributed by atoms with E-state index < -0.39 is 0 Å². The monoisotopic (exact) mass is 232 g/mol. The molecule has 1 amide bonds. The highest BCUT2D eigenvalue weighted by Gasteiger charge is 2.47. The lowest BCUT2D eigenvalue weighted by Crippen LogP contribution is -2.44. The van der Waals surface area contributed by atoms with E-state index in [9.17, 15) is 4.79 Å². The summed E-state index contributed by atoms with van der Waals surface area (Å²) in [5.74, 6) is 0.908. The maximum atomic E-state index is 12.0. The van der Waals surface area contributed by atoms with Gasteiger partial charge in [0.25, 0.3) is 0 Å². The number of hydrogen-bond donors (Lipinski definition) is 1. The fourth-order valence-corrected chi connectivity index (χ4v) is 2.22. The van der Waals surface area contributed by atoms with Gasteiger partial charge in [0.2, 0.25) is 5.91 Å². The van der Waals surface area contributed by atoms with Crippen molar-refractivity contribution in [3.05, 3.63) is 0 Å². The molecule has 1 saturated heterocycles. The molecule has 15 heavy (non-hydrogen) atoms. The Morgan fingerprint density at radius 1 is 1.53 bits per heavy atom. The number of nitrogens with two attached hydrogens (primary N) is 1. The Morgan fingerprint density at radius 3 is 2.73 bits per heavy atom. The number of hydrogen-bond acceptors (Lipinski definition) is 2. The first kappa shape index (κ1) is 12.8. The van der Waals surface area contributed by atoms with Crippen LogP contribution in [0.3, 0.4) is 0 Å². The number of piperidine rings is 1. The van der Waals surface area contributed by atoms with E-state index in [0.29, 0.717) is 11.8 Å². The molecule has 88 valence electrons. The molecule has 1 atom stereocenters. The van der Waals surface area contributed by atoms with Gasteiger partial charge < -0.3 is 10.6 Å². The highest BCUT2D eigenvalue weighted by atomic mass is 35.5. The largest absolute Gasteiger partial charge is 0.342 e. The van der Waals surface area contributed by atoms with Gasteiger partial charge >= 0.3 is 0 Å². The number of likely N-dealkylation sites (tertiary alicyclic amines) is 1.